The van der Waals surface area contributed by atoms with E-state index in [0.29, 0.717) is 11.5 Å². The summed E-state index contributed by atoms with van der Waals surface area (Å²) in [6, 6.07) is 6.64. The SMILES string of the molecule is CC(C)(C)c1cc(NNc2ncnc3nc[nH]c23)cc(C(C)(C)C)c1. The van der Waals surface area contributed by atoms with Crippen LogP contribution in [0.25, 0.3) is 11.2 Å². The molecule has 6 heteroatoms. The summed E-state index contributed by atoms with van der Waals surface area (Å²) < 4.78 is 0. The van der Waals surface area contributed by atoms with Crippen molar-refractivity contribution in [3.63, 3.8) is 0 Å². The summed E-state index contributed by atoms with van der Waals surface area (Å²) in [4.78, 5) is 15.6. The highest BCUT2D eigenvalue weighted by Gasteiger charge is 2.20. The van der Waals surface area contributed by atoms with Crippen molar-refractivity contribution in [3.8, 4) is 0 Å². The normalized spacial score (nSPS) is 12.4. The van der Waals surface area contributed by atoms with Gasteiger partial charge in [0.15, 0.2) is 11.5 Å². The molecule has 0 spiro atoms. The summed E-state index contributed by atoms with van der Waals surface area (Å²) in [5, 5.41) is 0. The molecule has 0 amide bonds. The summed E-state index contributed by atoms with van der Waals surface area (Å²) >= 11 is 0. The lowest BCUT2D eigenvalue weighted by atomic mass is 9.80. The van der Waals surface area contributed by atoms with E-state index in [0.717, 1.165) is 11.2 Å². The Balaban J connectivity index is 1.92. The van der Waals surface area contributed by atoms with Gasteiger partial charge in [-0.2, -0.15) is 0 Å². The van der Waals surface area contributed by atoms with Gasteiger partial charge in [-0.25, -0.2) is 15.0 Å². The number of anilines is 2. The number of hydrogen-bond acceptors (Lipinski definition) is 5. The van der Waals surface area contributed by atoms with Gasteiger partial charge in [0.05, 0.1) is 12.0 Å². The number of aromatic amines is 1. The molecule has 0 saturated carbocycles. The molecule has 25 heavy (non-hydrogen) atoms. The first-order valence-corrected chi connectivity index (χ1v) is 8.47. The molecule has 1 aromatic carbocycles. The van der Waals surface area contributed by atoms with Crippen LogP contribution < -0.4 is 10.9 Å². The van der Waals surface area contributed by atoms with Crippen LogP contribution in [0.4, 0.5) is 11.5 Å². The van der Waals surface area contributed by atoms with E-state index in [9.17, 15) is 0 Å². The topological polar surface area (TPSA) is 78.5 Å². The zero-order valence-corrected chi connectivity index (χ0v) is 15.7. The van der Waals surface area contributed by atoms with E-state index in [1.165, 1.54) is 17.5 Å². The zero-order valence-electron chi connectivity index (χ0n) is 15.7. The van der Waals surface area contributed by atoms with Crippen molar-refractivity contribution in [2.24, 2.45) is 0 Å². The molecule has 3 aromatic rings. The Morgan fingerprint density at radius 3 is 2.04 bits per heavy atom. The Bertz CT molecular complexity index is 851. The van der Waals surface area contributed by atoms with Crippen LogP contribution >= 0.6 is 0 Å². The maximum Gasteiger partial charge on any atom is 0.182 e. The maximum atomic E-state index is 4.28. The quantitative estimate of drug-likeness (QED) is 0.617. The van der Waals surface area contributed by atoms with Crippen LogP contribution in [0.3, 0.4) is 0 Å². The molecular weight excluding hydrogens is 312 g/mol. The van der Waals surface area contributed by atoms with Gasteiger partial charge in [0.2, 0.25) is 0 Å². The second-order valence-electron chi connectivity index (χ2n) is 8.37. The molecule has 0 bridgehead atoms. The highest BCUT2D eigenvalue weighted by atomic mass is 15.4. The van der Waals surface area contributed by atoms with Gasteiger partial charge in [0.25, 0.3) is 0 Å². The number of fused-ring (bicyclic) bond motifs is 1. The Labute approximate surface area is 148 Å². The highest BCUT2D eigenvalue weighted by molar-refractivity contribution is 5.82. The zero-order chi connectivity index (χ0) is 18.2. The second kappa shape index (κ2) is 6.02. The summed E-state index contributed by atoms with van der Waals surface area (Å²) in [6.07, 6.45) is 3.11. The Morgan fingerprint density at radius 2 is 1.44 bits per heavy atom. The Morgan fingerprint density at radius 1 is 0.800 bits per heavy atom. The molecule has 0 fully saturated rings. The van der Waals surface area contributed by atoms with E-state index in [1.54, 1.807) is 6.33 Å². The molecule has 3 rings (SSSR count). The molecule has 6 nitrogen and oxygen atoms in total. The van der Waals surface area contributed by atoms with Crippen molar-refractivity contribution in [1.82, 2.24) is 19.9 Å². The van der Waals surface area contributed by atoms with E-state index >= 15 is 0 Å². The smallest absolute Gasteiger partial charge is 0.182 e. The van der Waals surface area contributed by atoms with Crippen molar-refractivity contribution in [3.05, 3.63) is 42.0 Å². The number of aromatic nitrogens is 4. The number of hydrogen-bond donors (Lipinski definition) is 3. The van der Waals surface area contributed by atoms with Crippen LogP contribution in [0.2, 0.25) is 0 Å². The fourth-order valence-electron chi connectivity index (χ4n) is 2.56. The molecule has 0 saturated heterocycles. The fourth-order valence-corrected chi connectivity index (χ4v) is 2.56. The minimum atomic E-state index is 0.0727. The van der Waals surface area contributed by atoms with Gasteiger partial charge in [-0.3, -0.25) is 10.9 Å². The first-order chi connectivity index (χ1) is 11.6. The molecule has 0 unspecified atom stereocenters. The lowest BCUT2D eigenvalue weighted by Gasteiger charge is -2.26. The number of benzene rings is 1. The molecule has 2 aromatic heterocycles. The largest absolute Gasteiger partial charge is 0.340 e. The average molecular weight is 338 g/mol. The van der Waals surface area contributed by atoms with Gasteiger partial charge in [0.1, 0.15) is 11.8 Å². The summed E-state index contributed by atoms with van der Waals surface area (Å²) in [7, 11) is 0. The van der Waals surface area contributed by atoms with Crippen LogP contribution in [-0.2, 0) is 10.8 Å². The van der Waals surface area contributed by atoms with Crippen molar-refractivity contribution < 1.29 is 0 Å². The van der Waals surface area contributed by atoms with Gasteiger partial charge in [-0.1, -0.05) is 47.6 Å². The molecule has 0 aliphatic rings. The lowest BCUT2D eigenvalue weighted by molar-refractivity contribution is 0.569. The number of imidazole rings is 1. The van der Waals surface area contributed by atoms with Gasteiger partial charge in [-0.15, -0.1) is 0 Å². The molecular formula is C19H26N6. The van der Waals surface area contributed by atoms with Gasteiger partial charge in [-0.05, 0) is 34.1 Å². The standard InChI is InChI=1S/C19H26N6/c1-18(2,3)12-7-13(19(4,5)6)9-14(8-12)24-25-17-15-16(21-10-20-15)22-11-23-17/h7-11,24H,1-6H3,(H2,20,21,22,23,25). The first kappa shape index (κ1) is 17.2. The molecule has 2 heterocycles. The predicted molar refractivity (Wildman–Crippen MR) is 103 cm³/mol. The fraction of sp³-hybridized carbons (Fsp3) is 0.421. The number of rotatable bonds is 3. The third kappa shape index (κ3) is 3.73. The minimum Gasteiger partial charge on any atom is -0.340 e. The van der Waals surface area contributed by atoms with Crippen molar-refractivity contribution >= 4 is 22.7 Å². The van der Waals surface area contributed by atoms with Crippen LogP contribution in [0, 0.1) is 0 Å². The van der Waals surface area contributed by atoms with Crippen molar-refractivity contribution in [2.75, 3.05) is 10.9 Å². The predicted octanol–water partition coefficient (Wildman–Crippen LogP) is 4.39. The molecule has 0 aliphatic heterocycles. The molecule has 132 valence electrons. The van der Waals surface area contributed by atoms with Gasteiger partial charge < -0.3 is 4.98 Å². The number of H-pyrrole nitrogens is 1. The minimum absolute atomic E-state index is 0.0727. The Hall–Kier alpha value is -2.63. The summed E-state index contributed by atoms with van der Waals surface area (Å²) in [5.74, 6) is 0.668. The first-order valence-electron chi connectivity index (χ1n) is 8.47. The molecule has 0 atom stereocenters. The van der Waals surface area contributed by atoms with E-state index in [-0.39, 0.29) is 10.8 Å². The summed E-state index contributed by atoms with van der Waals surface area (Å²) in [6.45, 7) is 13.4. The van der Waals surface area contributed by atoms with Gasteiger partial charge >= 0.3 is 0 Å². The average Bonchev–Trinajstić information content (AvgIpc) is 3.00. The van der Waals surface area contributed by atoms with Gasteiger partial charge in [0, 0.05) is 0 Å². The molecule has 0 radical (unpaired) electrons. The third-order valence-electron chi connectivity index (χ3n) is 4.21. The van der Waals surface area contributed by atoms with Crippen LogP contribution in [-0.4, -0.2) is 19.9 Å². The van der Waals surface area contributed by atoms with E-state index < -0.39 is 0 Å². The second-order valence-corrected chi connectivity index (χ2v) is 8.37. The number of nitrogens with one attached hydrogen (secondary N) is 3. The third-order valence-corrected chi connectivity index (χ3v) is 4.21. The van der Waals surface area contributed by atoms with E-state index in [2.05, 4.69) is 90.5 Å². The van der Waals surface area contributed by atoms with Crippen LogP contribution in [0.5, 0.6) is 0 Å². The monoisotopic (exact) mass is 338 g/mol. The lowest BCUT2D eigenvalue weighted by Crippen LogP contribution is -2.18. The van der Waals surface area contributed by atoms with Crippen LogP contribution in [0.15, 0.2) is 30.9 Å². The van der Waals surface area contributed by atoms with E-state index in [4.69, 9.17) is 0 Å². The van der Waals surface area contributed by atoms with E-state index in [1.807, 2.05) is 0 Å². The van der Waals surface area contributed by atoms with Crippen molar-refractivity contribution in [2.45, 2.75) is 52.4 Å². The van der Waals surface area contributed by atoms with Crippen LogP contribution in [0.1, 0.15) is 52.7 Å². The molecule has 0 aliphatic carbocycles. The molecule has 3 N–H and O–H groups in total. The Kier molecular flexibility index (Phi) is 4.14. The van der Waals surface area contributed by atoms with Crippen molar-refractivity contribution in [1.29, 1.82) is 0 Å². The maximum absolute atomic E-state index is 4.28. The summed E-state index contributed by atoms with van der Waals surface area (Å²) in [5.41, 5.74) is 11.6. The number of nitrogens with zero attached hydrogens (tertiary/aromatic N) is 3. The number of hydrazine groups is 1. The highest BCUT2D eigenvalue weighted by Crippen LogP contribution is 2.32.